The summed E-state index contributed by atoms with van der Waals surface area (Å²) in [5.41, 5.74) is 3.34. The monoisotopic (exact) mass is 376 g/mol. The van der Waals surface area contributed by atoms with Crippen LogP contribution in [0.2, 0.25) is 5.02 Å². The Hall–Kier alpha value is -1.98. The van der Waals surface area contributed by atoms with Gasteiger partial charge in [0.25, 0.3) is 0 Å². The molecule has 0 atom stereocenters. The van der Waals surface area contributed by atoms with Crippen LogP contribution in [0, 0.1) is 0 Å². The first kappa shape index (κ1) is 17.8. The number of halogens is 1. The third-order valence-corrected chi connectivity index (χ3v) is 5.08. The van der Waals surface area contributed by atoms with Crippen molar-refractivity contribution in [3.8, 4) is 11.5 Å². The Labute approximate surface area is 158 Å². The Morgan fingerprint density at radius 2 is 1.80 bits per heavy atom. The lowest BCUT2D eigenvalue weighted by molar-refractivity contribution is 0.374. The molecule has 25 heavy (non-hydrogen) atoms. The van der Waals surface area contributed by atoms with E-state index in [0.29, 0.717) is 6.54 Å². The van der Waals surface area contributed by atoms with E-state index in [-0.39, 0.29) is 11.5 Å². The van der Waals surface area contributed by atoms with Gasteiger partial charge in [0.1, 0.15) is 0 Å². The second-order valence-corrected chi connectivity index (χ2v) is 7.07. The number of thiocarbonyl (C=S) groups is 1. The number of fused-ring (bicyclic) bond motifs is 1. The molecule has 0 fully saturated rings. The molecule has 0 aromatic heterocycles. The lowest BCUT2D eigenvalue weighted by atomic mass is 9.99. The average Bonchev–Trinajstić information content (AvgIpc) is 2.60. The number of hydrogen-bond donors (Lipinski definition) is 3. The van der Waals surface area contributed by atoms with Gasteiger partial charge in [0.2, 0.25) is 0 Å². The van der Waals surface area contributed by atoms with Crippen LogP contribution >= 0.6 is 23.8 Å². The summed E-state index contributed by atoms with van der Waals surface area (Å²) < 4.78 is 0. The van der Waals surface area contributed by atoms with E-state index in [2.05, 4.69) is 10.2 Å². The number of phenols is 2. The van der Waals surface area contributed by atoms with Crippen LogP contribution in [-0.2, 0) is 19.4 Å². The Morgan fingerprint density at radius 3 is 2.52 bits per heavy atom. The molecule has 0 saturated carbocycles. The van der Waals surface area contributed by atoms with Gasteiger partial charge >= 0.3 is 0 Å². The highest BCUT2D eigenvalue weighted by atomic mass is 35.5. The zero-order valence-corrected chi connectivity index (χ0v) is 15.4. The molecule has 0 saturated heterocycles. The third kappa shape index (κ3) is 4.55. The fourth-order valence-electron chi connectivity index (χ4n) is 3.01. The van der Waals surface area contributed by atoms with Gasteiger partial charge in [0, 0.05) is 24.7 Å². The van der Waals surface area contributed by atoms with Crippen molar-refractivity contribution < 1.29 is 10.2 Å². The number of aryl methyl sites for hydroxylation is 1. The van der Waals surface area contributed by atoms with Gasteiger partial charge < -0.3 is 20.4 Å². The van der Waals surface area contributed by atoms with E-state index in [9.17, 15) is 10.2 Å². The predicted octanol–water partition coefficient (Wildman–Crippen LogP) is 3.62. The zero-order valence-electron chi connectivity index (χ0n) is 13.8. The molecule has 0 unspecified atom stereocenters. The lowest BCUT2D eigenvalue weighted by Crippen LogP contribution is -2.42. The number of hydrogen-bond acceptors (Lipinski definition) is 3. The molecule has 1 heterocycles. The maximum Gasteiger partial charge on any atom is 0.169 e. The second-order valence-electron chi connectivity index (χ2n) is 6.24. The number of nitrogens with one attached hydrogen (secondary N) is 1. The van der Waals surface area contributed by atoms with Crippen LogP contribution in [0.4, 0.5) is 0 Å². The van der Waals surface area contributed by atoms with Crippen molar-refractivity contribution >= 4 is 28.9 Å². The molecular formula is C19H21ClN2O2S. The topological polar surface area (TPSA) is 55.7 Å². The molecular weight excluding hydrogens is 356 g/mol. The summed E-state index contributed by atoms with van der Waals surface area (Å²) >= 11 is 11.4. The van der Waals surface area contributed by atoms with E-state index >= 15 is 0 Å². The van der Waals surface area contributed by atoms with Crippen molar-refractivity contribution in [3.63, 3.8) is 0 Å². The molecule has 1 aliphatic heterocycles. The van der Waals surface area contributed by atoms with Crippen molar-refractivity contribution in [2.45, 2.75) is 25.8 Å². The number of phenolic OH excluding ortho intramolecular Hbond substituents is 2. The molecule has 0 amide bonds. The Kier molecular flexibility index (Phi) is 5.66. The summed E-state index contributed by atoms with van der Waals surface area (Å²) in [6.45, 7) is 2.26. The second kappa shape index (κ2) is 7.93. The van der Waals surface area contributed by atoms with Gasteiger partial charge in [-0.05, 0) is 72.4 Å². The first-order chi connectivity index (χ1) is 12.0. The van der Waals surface area contributed by atoms with Crippen molar-refractivity contribution in [1.29, 1.82) is 0 Å². The molecule has 0 spiro atoms. The Bertz CT molecular complexity index is 765. The molecule has 0 bridgehead atoms. The van der Waals surface area contributed by atoms with Gasteiger partial charge in [0.05, 0.1) is 0 Å². The number of rotatable bonds is 4. The molecule has 132 valence electrons. The summed E-state index contributed by atoms with van der Waals surface area (Å²) in [6.07, 6.45) is 2.76. The fraction of sp³-hybridized carbons (Fsp3) is 0.316. The predicted molar refractivity (Wildman–Crippen MR) is 104 cm³/mol. The van der Waals surface area contributed by atoms with Crippen molar-refractivity contribution in [2.75, 3.05) is 13.1 Å². The van der Waals surface area contributed by atoms with E-state index in [1.54, 1.807) is 12.1 Å². The smallest absolute Gasteiger partial charge is 0.169 e. The Balaban J connectivity index is 1.47. The van der Waals surface area contributed by atoms with Gasteiger partial charge in [-0.1, -0.05) is 23.7 Å². The highest BCUT2D eigenvalue weighted by Crippen LogP contribution is 2.31. The SMILES string of the molecule is Oc1cc2c(cc1O)CN(C(=S)NCCCc1ccc(Cl)cc1)CC2. The first-order valence-electron chi connectivity index (χ1n) is 8.34. The van der Waals surface area contributed by atoms with Crippen LogP contribution in [0.3, 0.4) is 0 Å². The summed E-state index contributed by atoms with van der Waals surface area (Å²) in [7, 11) is 0. The highest BCUT2D eigenvalue weighted by molar-refractivity contribution is 7.80. The molecule has 3 rings (SSSR count). The van der Waals surface area contributed by atoms with E-state index in [1.807, 2.05) is 24.3 Å². The van der Waals surface area contributed by atoms with Gasteiger partial charge in [-0.3, -0.25) is 0 Å². The number of aromatic hydroxyl groups is 2. The minimum Gasteiger partial charge on any atom is -0.504 e. The lowest BCUT2D eigenvalue weighted by Gasteiger charge is -2.31. The number of nitrogens with zero attached hydrogens (tertiary/aromatic N) is 1. The van der Waals surface area contributed by atoms with Gasteiger partial charge in [-0.2, -0.15) is 0 Å². The van der Waals surface area contributed by atoms with Crippen molar-refractivity contribution in [1.82, 2.24) is 10.2 Å². The molecule has 0 radical (unpaired) electrons. The molecule has 1 aliphatic rings. The minimum absolute atomic E-state index is 0.0601. The fourth-order valence-corrected chi connectivity index (χ4v) is 3.39. The highest BCUT2D eigenvalue weighted by Gasteiger charge is 2.20. The summed E-state index contributed by atoms with van der Waals surface area (Å²) in [6, 6.07) is 11.2. The van der Waals surface area contributed by atoms with Crippen LogP contribution in [0.5, 0.6) is 11.5 Å². The minimum atomic E-state index is -0.0811. The summed E-state index contributed by atoms with van der Waals surface area (Å²) in [5.74, 6) is -0.141. The standard InChI is InChI=1S/C19H21ClN2O2S/c20-16-5-3-13(4-6-16)2-1-8-21-19(25)22-9-7-14-10-17(23)18(24)11-15(14)12-22/h3-6,10-11,23-24H,1-2,7-9,12H2,(H,21,25). The number of benzene rings is 2. The van der Waals surface area contributed by atoms with E-state index in [0.717, 1.165) is 53.6 Å². The quantitative estimate of drug-likeness (QED) is 0.432. The maximum atomic E-state index is 9.67. The van der Waals surface area contributed by atoms with Crippen LogP contribution in [0.25, 0.3) is 0 Å². The van der Waals surface area contributed by atoms with Crippen LogP contribution in [-0.4, -0.2) is 33.3 Å². The maximum absolute atomic E-state index is 9.67. The molecule has 3 N–H and O–H groups in total. The van der Waals surface area contributed by atoms with Crippen molar-refractivity contribution in [2.24, 2.45) is 0 Å². The van der Waals surface area contributed by atoms with Crippen molar-refractivity contribution in [3.05, 3.63) is 58.1 Å². The average molecular weight is 377 g/mol. The van der Waals surface area contributed by atoms with Crippen LogP contribution in [0.15, 0.2) is 36.4 Å². The summed E-state index contributed by atoms with van der Waals surface area (Å²) in [5, 5.41) is 24.1. The molecule has 2 aromatic rings. The van der Waals surface area contributed by atoms with Gasteiger partial charge in [0.15, 0.2) is 16.6 Å². The molecule has 2 aromatic carbocycles. The molecule has 6 heteroatoms. The van der Waals surface area contributed by atoms with Crippen LogP contribution in [0.1, 0.15) is 23.1 Å². The van der Waals surface area contributed by atoms with Gasteiger partial charge in [-0.15, -0.1) is 0 Å². The largest absolute Gasteiger partial charge is 0.504 e. The molecule has 4 nitrogen and oxygen atoms in total. The van der Waals surface area contributed by atoms with E-state index in [1.165, 1.54) is 5.56 Å². The van der Waals surface area contributed by atoms with Gasteiger partial charge in [-0.25, -0.2) is 0 Å². The van der Waals surface area contributed by atoms with E-state index < -0.39 is 0 Å². The third-order valence-electron chi connectivity index (χ3n) is 4.43. The zero-order chi connectivity index (χ0) is 17.8. The summed E-state index contributed by atoms with van der Waals surface area (Å²) in [4.78, 5) is 2.09. The van der Waals surface area contributed by atoms with E-state index in [4.69, 9.17) is 23.8 Å². The Morgan fingerprint density at radius 1 is 1.12 bits per heavy atom. The normalized spacial score (nSPS) is 13.4. The molecule has 0 aliphatic carbocycles. The first-order valence-corrected chi connectivity index (χ1v) is 9.12. The van der Waals surface area contributed by atoms with Crippen LogP contribution < -0.4 is 5.32 Å².